The number of hydrogen-bond acceptors (Lipinski definition) is 4. The molecule has 1 heterocycles. The molecule has 0 atom stereocenters. The van der Waals surface area contributed by atoms with E-state index < -0.39 is 10.1 Å². The van der Waals surface area contributed by atoms with E-state index in [2.05, 4.69) is 0 Å². The van der Waals surface area contributed by atoms with Gasteiger partial charge in [-0.25, -0.2) is 0 Å². The van der Waals surface area contributed by atoms with Gasteiger partial charge in [0.1, 0.15) is 0 Å². The van der Waals surface area contributed by atoms with Crippen molar-refractivity contribution in [1.82, 2.24) is 0 Å². The van der Waals surface area contributed by atoms with E-state index in [-0.39, 0.29) is 22.9 Å². The first-order chi connectivity index (χ1) is 9.70. The van der Waals surface area contributed by atoms with Crippen LogP contribution in [0.3, 0.4) is 0 Å². The SMILES string of the molecule is CC1=CCc2c(Cl)cc(Cl)c(O)c2N1CCCS(=O)(=O)O. The fraction of sp³-hybridized carbons (Fsp3) is 0.385. The smallest absolute Gasteiger partial charge is 0.264 e. The summed E-state index contributed by atoms with van der Waals surface area (Å²) in [4.78, 5) is 1.76. The normalized spacial score (nSPS) is 14.9. The molecule has 1 aliphatic rings. The first kappa shape index (κ1) is 16.4. The molecule has 0 aliphatic carbocycles. The summed E-state index contributed by atoms with van der Waals surface area (Å²) >= 11 is 12.1. The zero-order valence-electron chi connectivity index (χ0n) is 11.3. The number of rotatable bonds is 4. The van der Waals surface area contributed by atoms with E-state index in [1.165, 1.54) is 6.07 Å². The Balaban J connectivity index is 2.34. The molecule has 0 bridgehead atoms. The van der Waals surface area contributed by atoms with Gasteiger partial charge in [0.25, 0.3) is 10.1 Å². The molecule has 8 heteroatoms. The standard InChI is InChI=1S/C13H15Cl2NO4S/c1-8-3-4-9-10(14)7-11(15)13(17)12(9)16(8)5-2-6-21(18,19)20/h3,7,17H,2,4-6H2,1H3,(H,18,19,20). The number of phenolic OH excluding ortho intramolecular Hbond substituents is 1. The maximum absolute atomic E-state index is 10.8. The van der Waals surface area contributed by atoms with Gasteiger partial charge in [-0.2, -0.15) is 8.42 Å². The first-order valence-corrected chi connectivity index (χ1v) is 8.66. The van der Waals surface area contributed by atoms with Crippen molar-refractivity contribution < 1.29 is 18.1 Å². The van der Waals surface area contributed by atoms with Crippen molar-refractivity contribution in [2.75, 3.05) is 17.2 Å². The van der Waals surface area contributed by atoms with Crippen LogP contribution in [0.25, 0.3) is 0 Å². The molecule has 0 saturated carbocycles. The van der Waals surface area contributed by atoms with Crippen molar-refractivity contribution in [2.24, 2.45) is 0 Å². The molecule has 5 nitrogen and oxygen atoms in total. The van der Waals surface area contributed by atoms with E-state index in [1.54, 1.807) is 4.90 Å². The Labute approximate surface area is 133 Å². The summed E-state index contributed by atoms with van der Waals surface area (Å²) in [6, 6.07) is 1.49. The van der Waals surface area contributed by atoms with Gasteiger partial charge in [-0.15, -0.1) is 0 Å². The summed E-state index contributed by atoms with van der Waals surface area (Å²) in [6.45, 7) is 2.17. The zero-order valence-corrected chi connectivity index (χ0v) is 13.6. The van der Waals surface area contributed by atoms with Crippen molar-refractivity contribution in [1.29, 1.82) is 0 Å². The number of nitrogens with zero attached hydrogens (tertiary/aromatic N) is 1. The Morgan fingerprint density at radius 1 is 1.33 bits per heavy atom. The van der Waals surface area contributed by atoms with Crippen LogP contribution in [-0.4, -0.2) is 30.4 Å². The van der Waals surface area contributed by atoms with Crippen LogP contribution in [0.15, 0.2) is 17.8 Å². The number of phenols is 1. The van der Waals surface area contributed by atoms with Gasteiger partial charge in [-0.05, 0) is 25.8 Å². The van der Waals surface area contributed by atoms with Gasteiger partial charge in [-0.1, -0.05) is 29.3 Å². The third kappa shape index (κ3) is 3.63. The third-order valence-electron chi connectivity index (χ3n) is 3.36. The van der Waals surface area contributed by atoms with E-state index in [4.69, 9.17) is 27.8 Å². The summed E-state index contributed by atoms with van der Waals surface area (Å²) in [7, 11) is -4.01. The van der Waals surface area contributed by atoms with Crippen LogP contribution in [0.4, 0.5) is 5.69 Å². The number of anilines is 1. The molecule has 1 aromatic carbocycles. The highest BCUT2D eigenvalue weighted by Gasteiger charge is 2.25. The molecule has 0 spiro atoms. The summed E-state index contributed by atoms with van der Waals surface area (Å²) in [6.07, 6.45) is 2.72. The lowest BCUT2D eigenvalue weighted by Crippen LogP contribution is -2.27. The molecule has 0 aromatic heterocycles. The van der Waals surface area contributed by atoms with E-state index >= 15 is 0 Å². The van der Waals surface area contributed by atoms with Crippen molar-refractivity contribution >= 4 is 39.0 Å². The molecule has 116 valence electrons. The fourth-order valence-corrected chi connectivity index (χ4v) is 3.37. The van der Waals surface area contributed by atoms with Crippen LogP contribution < -0.4 is 4.90 Å². The maximum atomic E-state index is 10.8. The second-order valence-electron chi connectivity index (χ2n) is 4.86. The van der Waals surface area contributed by atoms with Crippen LogP contribution in [-0.2, 0) is 16.5 Å². The predicted octanol–water partition coefficient (Wildman–Crippen LogP) is 3.24. The molecule has 0 radical (unpaired) electrons. The van der Waals surface area contributed by atoms with Crippen molar-refractivity contribution in [3.63, 3.8) is 0 Å². The topological polar surface area (TPSA) is 77.8 Å². The Bertz CT molecular complexity index is 701. The summed E-state index contributed by atoms with van der Waals surface area (Å²) in [5.41, 5.74) is 2.12. The maximum Gasteiger partial charge on any atom is 0.264 e. The largest absolute Gasteiger partial charge is 0.504 e. The highest BCUT2D eigenvalue weighted by atomic mass is 35.5. The Morgan fingerprint density at radius 2 is 2.00 bits per heavy atom. The molecule has 0 saturated heterocycles. The Hall–Kier alpha value is -0.950. The molecule has 2 rings (SSSR count). The number of hydrogen-bond donors (Lipinski definition) is 2. The van der Waals surface area contributed by atoms with E-state index in [0.29, 0.717) is 23.7 Å². The van der Waals surface area contributed by atoms with Crippen LogP contribution in [0.2, 0.25) is 10.0 Å². The summed E-state index contributed by atoms with van der Waals surface area (Å²) < 4.78 is 30.4. The number of fused-ring (bicyclic) bond motifs is 1. The van der Waals surface area contributed by atoms with E-state index in [0.717, 1.165) is 11.3 Å². The highest BCUT2D eigenvalue weighted by Crippen LogP contribution is 2.45. The molecule has 1 aromatic rings. The van der Waals surface area contributed by atoms with Gasteiger partial charge < -0.3 is 10.0 Å². The molecule has 1 aliphatic heterocycles. The van der Waals surface area contributed by atoms with Gasteiger partial charge in [0.05, 0.1) is 16.5 Å². The molecular weight excluding hydrogens is 337 g/mol. The van der Waals surface area contributed by atoms with Gasteiger partial charge in [0, 0.05) is 22.8 Å². The van der Waals surface area contributed by atoms with Gasteiger partial charge in [0.2, 0.25) is 0 Å². The minimum Gasteiger partial charge on any atom is -0.504 e. The second-order valence-corrected chi connectivity index (χ2v) is 7.24. The quantitative estimate of drug-likeness (QED) is 0.814. The lowest BCUT2D eigenvalue weighted by molar-refractivity contribution is 0.473. The third-order valence-corrected chi connectivity index (χ3v) is 4.79. The molecule has 21 heavy (non-hydrogen) atoms. The second kappa shape index (κ2) is 6.04. The number of benzene rings is 1. The van der Waals surface area contributed by atoms with Crippen LogP contribution in [0.1, 0.15) is 18.9 Å². The van der Waals surface area contributed by atoms with Crippen molar-refractivity contribution in [2.45, 2.75) is 19.8 Å². The average molecular weight is 352 g/mol. The average Bonchev–Trinajstić information content (AvgIpc) is 2.36. The van der Waals surface area contributed by atoms with Crippen LogP contribution in [0, 0.1) is 0 Å². The number of aromatic hydroxyl groups is 1. The zero-order chi connectivity index (χ0) is 15.8. The van der Waals surface area contributed by atoms with Crippen molar-refractivity contribution in [3.8, 4) is 5.75 Å². The lowest BCUT2D eigenvalue weighted by Gasteiger charge is -2.32. The van der Waals surface area contributed by atoms with Crippen LogP contribution in [0.5, 0.6) is 5.75 Å². The molecule has 0 fully saturated rings. The highest BCUT2D eigenvalue weighted by molar-refractivity contribution is 7.85. The molecular formula is C13H15Cl2NO4S. The summed E-state index contributed by atoms with van der Waals surface area (Å²) in [5, 5.41) is 10.8. The minimum absolute atomic E-state index is 0.0737. The first-order valence-electron chi connectivity index (χ1n) is 6.30. The summed E-state index contributed by atoms with van der Waals surface area (Å²) in [5.74, 6) is -0.420. The number of allylic oxidation sites excluding steroid dienone is 2. The Kier molecular flexibility index (Phi) is 4.72. The fourth-order valence-electron chi connectivity index (χ4n) is 2.35. The van der Waals surface area contributed by atoms with Gasteiger partial charge in [0.15, 0.2) is 5.75 Å². The molecule has 0 unspecified atom stereocenters. The van der Waals surface area contributed by atoms with Gasteiger partial charge in [-0.3, -0.25) is 4.55 Å². The van der Waals surface area contributed by atoms with Crippen molar-refractivity contribution in [3.05, 3.63) is 33.4 Å². The number of halogens is 2. The van der Waals surface area contributed by atoms with E-state index in [9.17, 15) is 13.5 Å². The lowest BCUT2D eigenvalue weighted by atomic mass is 10.0. The monoisotopic (exact) mass is 351 g/mol. The Morgan fingerprint density at radius 3 is 2.62 bits per heavy atom. The van der Waals surface area contributed by atoms with Gasteiger partial charge >= 0.3 is 0 Å². The van der Waals surface area contributed by atoms with E-state index in [1.807, 2.05) is 13.0 Å². The predicted molar refractivity (Wildman–Crippen MR) is 84.0 cm³/mol. The molecule has 2 N–H and O–H groups in total. The van der Waals surface area contributed by atoms with Crippen LogP contribution >= 0.6 is 23.2 Å². The molecule has 0 amide bonds. The minimum atomic E-state index is -4.01.